The third-order valence-electron chi connectivity index (χ3n) is 3.31. The van der Waals surface area contributed by atoms with Gasteiger partial charge >= 0.3 is 5.97 Å². The monoisotopic (exact) mass is 424 g/mol. The van der Waals surface area contributed by atoms with E-state index in [-0.39, 0.29) is 5.56 Å². The van der Waals surface area contributed by atoms with Crippen molar-refractivity contribution in [3.8, 4) is 17.2 Å². The van der Waals surface area contributed by atoms with Crippen molar-refractivity contribution in [3.63, 3.8) is 0 Å². The van der Waals surface area contributed by atoms with Crippen molar-refractivity contribution in [2.24, 2.45) is 0 Å². The number of ether oxygens (including phenoxy) is 4. The molecule has 0 radical (unpaired) electrons. The summed E-state index contributed by atoms with van der Waals surface area (Å²) in [5.74, 6) is 0.445. The Kier molecular flexibility index (Phi) is 6.85. The Hall–Kier alpha value is -2.74. The fraction of sp³-hybridized carbons (Fsp3) is 0.222. The average molecular weight is 425 g/mol. The summed E-state index contributed by atoms with van der Waals surface area (Å²) in [7, 11) is 4.36. The van der Waals surface area contributed by atoms with Crippen LogP contribution in [0.2, 0.25) is 0 Å². The maximum atomic E-state index is 12.3. The van der Waals surface area contributed by atoms with Crippen LogP contribution in [0, 0.1) is 0 Å². The van der Waals surface area contributed by atoms with Crippen LogP contribution in [0.4, 0.5) is 0 Å². The second kappa shape index (κ2) is 9.10. The van der Waals surface area contributed by atoms with Gasteiger partial charge in [0.25, 0.3) is 0 Å². The molecule has 0 aliphatic heterocycles. The fourth-order valence-corrected chi connectivity index (χ4v) is 2.40. The molecule has 0 saturated heterocycles. The smallest absolute Gasteiger partial charge is 0.331 e. The Morgan fingerprint density at radius 1 is 1.08 bits per heavy atom. The number of ketones is 1. The second-order valence-electron chi connectivity index (χ2n) is 4.92. The van der Waals surface area contributed by atoms with Crippen LogP contribution in [-0.4, -0.2) is 39.7 Å². The van der Waals surface area contributed by atoms with E-state index < -0.39 is 18.4 Å². The lowest BCUT2D eigenvalue weighted by molar-refractivity contribution is -0.136. The zero-order valence-electron chi connectivity index (χ0n) is 14.4. The molecule has 0 amide bonds. The average Bonchev–Trinajstić information content (AvgIpc) is 3.08. The Labute approximate surface area is 158 Å². The number of esters is 1. The second-order valence-corrected chi connectivity index (χ2v) is 5.70. The Bertz CT molecular complexity index is 798. The maximum Gasteiger partial charge on any atom is 0.331 e. The van der Waals surface area contributed by atoms with Gasteiger partial charge in [-0.15, -0.1) is 0 Å². The predicted molar refractivity (Wildman–Crippen MR) is 96.8 cm³/mol. The van der Waals surface area contributed by atoms with Crippen LogP contribution in [-0.2, 0) is 9.53 Å². The van der Waals surface area contributed by atoms with Crippen molar-refractivity contribution >= 4 is 33.8 Å². The van der Waals surface area contributed by atoms with Gasteiger partial charge in [0, 0.05) is 11.6 Å². The highest BCUT2D eigenvalue weighted by atomic mass is 79.9. The van der Waals surface area contributed by atoms with Crippen LogP contribution in [0.1, 0.15) is 16.1 Å². The summed E-state index contributed by atoms with van der Waals surface area (Å²) in [6.07, 6.45) is 2.62. The van der Waals surface area contributed by atoms with E-state index in [1.54, 1.807) is 12.1 Å². The third-order valence-corrected chi connectivity index (χ3v) is 3.74. The minimum absolute atomic E-state index is 0.270. The van der Waals surface area contributed by atoms with Gasteiger partial charge < -0.3 is 23.4 Å². The molecule has 1 aromatic carbocycles. The summed E-state index contributed by atoms with van der Waals surface area (Å²) in [5.41, 5.74) is 0.270. The number of halogens is 1. The number of carbonyl (C=O) groups excluding carboxylic acids is 2. The molecule has 0 fully saturated rings. The predicted octanol–water partition coefficient (Wildman–Crippen LogP) is 3.51. The maximum absolute atomic E-state index is 12.3. The third kappa shape index (κ3) is 4.89. The molecule has 0 saturated carbocycles. The molecule has 8 heteroatoms. The van der Waals surface area contributed by atoms with E-state index in [4.69, 9.17) is 23.4 Å². The summed E-state index contributed by atoms with van der Waals surface area (Å²) in [6, 6.07) is 6.36. The first-order chi connectivity index (χ1) is 12.5. The highest BCUT2D eigenvalue weighted by Crippen LogP contribution is 2.38. The lowest BCUT2D eigenvalue weighted by atomic mass is 10.1. The zero-order chi connectivity index (χ0) is 19.1. The standard InChI is InChI=1S/C18H17BrO7/c1-22-14-8-11(9-15(23-2)18(14)24-3)13(20)10-25-17(21)7-5-12-4-6-16(19)26-12/h4-9H,10H2,1-3H3/b7-5+. The van der Waals surface area contributed by atoms with Crippen LogP contribution >= 0.6 is 15.9 Å². The quantitative estimate of drug-likeness (QED) is 0.364. The van der Waals surface area contributed by atoms with E-state index in [9.17, 15) is 9.59 Å². The molecule has 2 aromatic rings. The highest BCUT2D eigenvalue weighted by Gasteiger charge is 2.17. The number of rotatable bonds is 8. The first kappa shape index (κ1) is 19.6. The molecule has 26 heavy (non-hydrogen) atoms. The van der Waals surface area contributed by atoms with Crippen LogP contribution in [0.5, 0.6) is 17.2 Å². The van der Waals surface area contributed by atoms with Crippen molar-refractivity contribution in [2.45, 2.75) is 0 Å². The molecule has 0 atom stereocenters. The van der Waals surface area contributed by atoms with E-state index >= 15 is 0 Å². The molecule has 0 aliphatic carbocycles. The summed E-state index contributed by atoms with van der Waals surface area (Å²) in [6.45, 7) is -0.427. The van der Waals surface area contributed by atoms with Crippen molar-refractivity contribution in [1.29, 1.82) is 0 Å². The van der Waals surface area contributed by atoms with E-state index in [0.29, 0.717) is 27.7 Å². The summed E-state index contributed by atoms with van der Waals surface area (Å²) < 4.78 is 26.3. The van der Waals surface area contributed by atoms with Gasteiger partial charge in [-0.2, -0.15) is 0 Å². The molecular formula is C18H17BrO7. The lowest BCUT2D eigenvalue weighted by Gasteiger charge is -2.13. The van der Waals surface area contributed by atoms with Gasteiger partial charge in [-0.25, -0.2) is 4.79 Å². The number of carbonyl (C=O) groups is 2. The van der Waals surface area contributed by atoms with Crippen molar-refractivity contribution < 1.29 is 33.0 Å². The van der Waals surface area contributed by atoms with Gasteiger partial charge in [-0.1, -0.05) is 0 Å². The minimum Gasteiger partial charge on any atom is -0.493 e. The van der Waals surface area contributed by atoms with Gasteiger partial charge in [0.2, 0.25) is 11.5 Å². The summed E-state index contributed by atoms with van der Waals surface area (Å²) in [5, 5.41) is 0. The first-order valence-electron chi connectivity index (χ1n) is 7.42. The molecule has 0 N–H and O–H groups in total. The van der Waals surface area contributed by atoms with E-state index in [2.05, 4.69) is 15.9 Å². The number of benzene rings is 1. The van der Waals surface area contributed by atoms with Gasteiger partial charge in [-0.3, -0.25) is 4.79 Å². The number of furan rings is 1. The van der Waals surface area contributed by atoms with Crippen LogP contribution in [0.3, 0.4) is 0 Å². The van der Waals surface area contributed by atoms with Crippen molar-refractivity contribution in [1.82, 2.24) is 0 Å². The van der Waals surface area contributed by atoms with E-state index in [1.807, 2.05) is 0 Å². The summed E-state index contributed by atoms with van der Waals surface area (Å²) in [4.78, 5) is 24.0. The van der Waals surface area contributed by atoms with E-state index in [1.165, 1.54) is 45.6 Å². The first-order valence-corrected chi connectivity index (χ1v) is 8.21. The SMILES string of the molecule is COc1cc(C(=O)COC(=O)/C=C/c2ccc(Br)o2)cc(OC)c1OC. The molecule has 2 rings (SSSR count). The highest BCUT2D eigenvalue weighted by molar-refractivity contribution is 9.10. The zero-order valence-corrected chi connectivity index (χ0v) is 16.0. The summed E-state index contributed by atoms with van der Waals surface area (Å²) >= 11 is 3.16. The molecular weight excluding hydrogens is 408 g/mol. The Balaban J connectivity index is 2.03. The van der Waals surface area contributed by atoms with Crippen LogP contribution in [0.25, 0.3) is 6.08 Å². The van der Waals surface area contributed by atoms with Crippen LogP contribution < -0.4 is 14.2 Å². The number of hydrogen-bond donors (Lipinski definition) is 0. The fourth-order valence-electron chi connectivity index (χ4n) is 2.08. The Morgan fingerprint density at radius 3 is 2.23 bits per heavy atom. The molecule has 1 aromatic heterocycles. The van der Waals surface area contributed by atoms with Crippen molar-refractivity contribution in [2.75, 3.05) is 27.9 Å². The topological polar surface area (TPSA) is 84.2 Å². The molecule has 0 unspecified atom stereocenters. The molecule has 7 nitrogen and oxygen atoms in total. The number of hydrogen-bond acceptors (Lipinski definition) is 7. The molecule has 0 bridgehead atoms. The largest absolute Gasteiger partial charge is 0.493 e. The number of Topliss-reactive ketones (excluding diaryl/α,β-unsaturated/α-hetero) is 1. The van der Waals surface area contributed by atoms with Gasteiger partial charge in [0.1, 0.15) is 5.76 Å². The van der Waals surface area contributed by atoms with Crippen LogP contribution in [0.15, 0.2) is 39.4 Å². The van der Waals surface area contributed by atoms with Gasteiger partial charge in [0.15, 0.2) is 22.8 Å². The van der Waals surface area contributed by atoms with Gasteiger partial charge in [0.05, 0.1) is 21.3 Å². The van der Waals surface area contributed by atoms with Gasteiger partial charge in [-0.05, 0) is 46.3 Å². The molecule has 1 heterocycles. The number of methoxy groups -OCH3 is 3. The normalized spacial score (nSPS) is 10.6. The molecule has 0 aliphatic rings. The molecule has 138 valence electrons. The molecule has 0 spiro atoms. The lowest BCUT2D eigenvalue weighted by Crippen LogP contribution is -2.13. The van der Waals surface area contributed by atoms with E-state index in [0.717, 1.165) is 0 Å². The van der Waals surface area contributed by atoms with Crippen molar-refractivity contribution in [3.05, 3.63) is 46.3 Å². The Morgan fingerprint density at radius 2 is 1.73 bits per heavy atom. The minimum atomic E-state index is -0.668.